The SMILES string of the molecule is CC(C)(C)OC(=O)CCC(=O)NCCN1CCCCC1. The molecule has 5 nitrogen and oxygen atoms in total. The molecule has 1 fully saturated rings. The van der Waals surface area contributed by atoms with E-state index in [9.17, 15) is 9.59 Å². The molecule has 0 aliphatic carbocycles. The van der Waals surface area contributed by atoms with Crippen molar-refractivity contribution in [3.8, 4) is 0 Å². The number of nitrogens with zero attached hydrogens (tertiary/aromatic N) is 1. The number of rotatable bonds is 6. The summed E-state index contributed by atoms with van der Waals surface area (Å²) in [5, 5.41) is 2.86. The summed E-state index contributed by atoms with van der Waals surface area (Å²) in [5.41, 5.74) is -0.484. The minimum absolute atomic E-state index is 0.0760. The van der Waals surface area contributed by atoms with E-state index in [-0.39, 0.29) is 24.7 Å². The highest BCUT2D eigenvalue weighted by Crippen LogP contribution is 2.09. The maximum absolute atomic E-state index is 11.6. The van der Waals surface area contributed by atoms with Gasteiger partial charge in [0.1, 0.15) is 5.60 Å². The predicted octanol–water partition coefficient (Wildman–Crippen LogP) is 1.71. The summed E-state index contributed by atoms with van der Waals surface area (Å²) in [6.07, 6.45) is 4.18. The topological polar surface area (TPSA) is 58.6 Å². The lowest BCUT2D eigenvalue weighted by atomic mass is 10.1. The van der Waals surface area contributed by atoms with E-state index in [2.05, 4.69) is 10.2 Å². The summed E-state index contributed by atoms with van der Waals surface area (Å²) >= 11 is 0. The molecule has 116 valence electrons. The summed E-state index contributed by atoms with van der Waals surface area (Å²) in [5.74, 6) is -0.392. The molecule has 0 aromatic heterocycles. The molecule has 1 rings (SSSR count). The molecule has 1 heterocycles. The number of carbonyl (C=O) groups excluding carboxylic acids is 2. The van der Waals surface area contributed by atoms with Gasteiger partial charge in [0.05, 0.1) is 6.42 Å². The van der Waals surface area contributed by atoms with Crippen LogP contribution in [0.1, 0.15) is 52.9 Å². The van der Waals surface area contributed by atoms with Gasteiger partial charge in [-0.2, -0.15) is 0 Å². The average Bonchev–Trinajstić information content (AvgIpc) is 2.36. The first-order valence-electron chi connectivity index (χ1n) is 7.58. The Bertz CT molecular complexity index is 318. The highest BCUT2D eigenvalue weighted by molar-refractivity contribution is 5.81. The van der Waals surface area contributed by atoms with Crippen molar-refractivity contribution in [1.82, 2.24) is 10.2 Å². The number of carbonyl (C=O) groups is 2. The average molecular weight is 284 g/mol. The highest BCUT2D eigenvalue weighted by Gasteiger charge is 2.17. The van der Waals surface area contributed by atoms with Crippen LogP contribution in [0.4, 0.5) is 0 Å². The molecule has 0 aromatic carbocycles. The number of nitrogens with one attached hydrogen (secondary N) is 1. The Morgan fingerprint density at radius 2 is 1.75 bits per heavy atom. The third-order valence-corrected chi connectivity index (χ3v) is 3.18. The van der Waals surface area contributed by atoms with Crippen molar-refractivity contribution in [1.29, 1.82) is 0 Å². The van der Waals surface area contributed by atoms with Crippen molar-refractivity contribution >= 4 is 11.9 Å². The molecule has 1 aliphatic rings. The smallest absolute Gasteiger partial charge is 0.306 e. The lowest BCUT2D eigenvalue weighted by Crippen LogP contribution is -2.37. The Morgan fingerprint density at radius 1 is 1.10 bits per heavy atom. The molecule has 1 N–H and O–H groups in total. The van der Waals surface area contributed by atoms with Crippen LogP contribution in [-0.2, 0) is 14.3 Å². The Labute approximate surface area is 122 Å². The minimum Gasteiger partial charge on any atom is -0.460 e. The zero-order valence-corrected chi connectivity index (χ0v) is 13.0. The van der Waals surface area contributed by atoms with Gasteiger partial charge < -0.3 is 15.0 Å². The van der Waals surface area contributed by atoms with Gasteiger partial charge in [-0.05, 0) is 46.7 Å². The van der Waals surface area contributed by atoms with Crippen molar-refractivity contribution < 1.29 is 14.3 Å². The quantitative estimate of drug-likeness (QED) is 0.754. The fraction of sp³-hybridized carbons (Fsp3) is 0.867. The number of hydrogen-bond donors (Lipinski definition) is 1. The second-order valence-electron chi connectivity index (χ2n) is 6.34. The van der Waals surface area contributed by atoms with Crippen LogP contribution in [0.3, 0.4) is 0 Å². The van der Waals surface area contributed by atoms with E-state index in [1.165, 1.54) is 19.3 Å². The maximum Gasteiger partial charge on any atom is 0.306 e. The number of piperidine rings is 1. The molecule has 0 bridgehead atoms. The van der Waals surface area contributed by atoms with E-state index >= 15 is 0 Å². The summed E-state index contributed by atoms with van der Waals surface area (Å²) in [4.78, 5) is 25.5. The van der Waals surface area contributed by atoms with Crippen molar-refractivity contribution in [2.75, 3.05) is 26.2 Å². The zero-order valence-electron chi connectivity index (χ0n) is 13.0. The number of amides is 1. The molecule has 0 saturated carbocycles. The largest absolute Gasteiger partial charge is 0.460 e. The Kier molecular flexibility index (Phi) is 6.99. The van der Waals surface area contributed by atoms with Crippen LogP contribution in [0.25, 0.3) is 0 Å². The lowest BCUT2D eigenvalue weighted by molar-refractivity contribution is -0.155. The molecule has 20 heavy (non-hydrogen) atoms. The normalized spacial score (nSPS) is 16.8. The first-order valence-corrected chi connectivity index (χ1v) is 7.58. The van der Waals surface area contributed by atoms with E-state index in [0.717, 1.165) is 19.6 Å². The molecular weight excluding hydrogens is 256 g/mol. The highest BCUT2D eigenvalue weighted by atomic mass is 16.6. The summed E-state index contributed by atoms with van der Waals surface area (Å²) in [6.45, 7) is 9.30. The zero-order chi connectivity index (χ0) is 15.0. The number of hydrogen-bond acceptors (Lipinski definition) is 4. The van der Waals surface area contributed by atoms with Crippen LogP contribution < -0.4 is 5.32 Å². The third-order valence-electron chi connectivity index (χ3n) is 3.18. The van der Waals surface area contributed by atoms with Gasteiger partial charge in [-0.25, -0.2) is 0 Å². The predicted molar refractivity (Wildman–Crippen MR) is 78.4 cm³/mol. The van der Waals surface area contributed by atoms with E-state index in [0.29, 0.717) is 6.54 Å². The second-order valence-corrected chi connectivity index (χ2v) is 6.34. The van der Waals surface area contributed by atoms with Gasteiger partial charge in [-0.1, -0.05) is 6.42 Å². The fourth-order valence-electron chi connectivity index (χ4n) is 2.23. The number of esters is 1. The van der Waals surface area contributed by atoms with Crippen LogP contribution in [-0.4, -0.2) is 48.6 Å². The molecule has 5 heteroatoms. The minimum atomic E-state index is -0.484. The lowest BCUT2D eigenvalue weighted by Gasteiger charge is -2.26. The molecule has 0 atom stereocenters. The second kappa shape index (κ2) is 8.25. The summed E-state index contributed by atoms with van der Waals surface area (Å²) in [6, 6.07) is 0. The van der Waals surface area contributed by atoms with Gasteiger partial charge in [-0.15, -0.1) is 0 Å². The molecule has 0 spiro atoms. The molecular formula is C15H28N2O3. The van der Waals surface area contributed by atoms with Crippen LogP contribution in [0.15, 0.2) is 0 Å². The van der Waals surface area contributed by atoms with Gasteiger partial charge >= 0.3 is 5.97 Å². The van der Waals surface area contributed by atoms with Crippen molar-refractivity contribution in [2.45, 2.75) is 58.5 Å². The van der Waals surface area contributed by atoms with Crippen molar-refractivity contribution in [3.05, 3.63) is 0 Å². The van der Waals surface area contributed by atoms with Crippen molar-refractivity contribution in [2.24, 2.45) is 0 Å². The van der Waals surface area contributed by atoms with E-state index in [4.69, 9.17) is 4.74 Å². The standard InChI is InChI=1S/C15H28N2O3/c1-15(2,3)20-14(19)8-7-13(18)16-9-12-17-10-5-4-6-11-17/h4-12H2,1-3H3,(H,16,18). The first-order chi connectivity index (χ1) is 9.37. The Balaban J connectivity index is 2.06. The molecule has 0 unspecified atom stereocenters. The van der Waals surface area contributed by atoms with Crippen LogP contribution in [0, 0.1) is 0 Å². The van der Waals surface area contributed by atoms with Crippen LogP contribution in [0.5, 0.6) is 0 Å². The van der Waals surface area contributed by atoms with Crippen LogP contribution in [0.2, 0.25) is 0 Å². The molecule has 0 aromatic rings. The Morgan fingerprint density at radius 3 is 2.35 bits per heavy atom. The van der Waals surface area contributed by atoms with Gasteiger partial charge in [0.15, 0.2) is 0 Å². The van der Waals surface area contributed by atoms with E-state index in [1.807, 2.05) is 20.8 Å². The van der Waals surface area contributed by atoms with Crippen molar-refractivity contribution in [3.63, 3.8) is 0 Å². The first kappa shape index (κ1) is 17.0. The molecule has 0 radical (unpaired) electrons. The Hall–Kier alpha value is -1.10. The number of ether oxygens (including phenoxy) is 1. The third kappa shape index (κ3) is 8.15. The number of likely N-dealkylation sites (tertiary alicyclic amines) is 1. The van der Waals surface area contributed by atoms with E-state index < -0.39 is 5.60 Å². The monoisotopic (exact) mass is 284 g/mol. The molecule has 1 amide bonds. The fourth-order valence-corrected chi connectivity index (χ4v) is 2.23. The van der Waals surface area contributed by atoms with Gasteiger partial charge in [0.2, 0.25) is 5.91 Å². The van der Waals surface area contributed by atoms with Gasteiger partial charge in [0.25, 0.3) is 0 Å². The van der Waals surface area contributed by atoms with Gasteiger partial charge in [-0.3, -0.25) is 9.59 Å². The molecule has 1 saturated heterocycles. The maximum atomic E-state index is 11.6. The summed E-state index contributed by atoms with van der Waals surface area (Å²) < 4.78 is 5.16. The van der Waals surface area contributed by atoms with Crippen LogP contribution >= 0.6 is 0 Å². The molecule has 1 aliphatic heterocycles. The van der Waals surface area contributed by atoms with E-state index in [1.54, 1.807) is 0 Å². The van der Waals surface area contributed by atoms with Gasteiger partial charge in [0, 0.05) is 19.5 Å². The summed E-state index contributed by atoms with van der Waals surface area (Å²) in [7, 11) is 0.